The van der Waals surface area contributed by atoms with Crippen LogP contribution in [0.2, 0.25) is 0 Å². The van der Waals surface area contributed by atoms with Crippen molar-refractivity contribution in [2.45, 2.75) is 56.5 Å². The molecule has 1 aliphatic carbocycles. The van der Waals surface area contributed by atoms with E-state index < -0.39 is 10.0 Å². The third kappa shape index (κ3) is 6.04. The van der Waals surface area contributed by atoms with Crippen molar-refractivity contribution in [2.24, 2.45) is 0 Å². The largest absolute Gasteiger partial charge is 0.495 e. The number of hydrogen-bond acceptors (Lipinski definition) is 5. The van der Waals surface area contributed by atoms with E-state index in [4.69, 9.17) is 4.74 Å². The average Bonchev–Trinajstić information content (AvgIpc) is 3.50. The van der Waals surface area contributed by atoms with Gasteiger partial charge in [0.25, 0.3) is 5.91 Å². The fraction of sp³-hybridized carbons (Fsp3) is 0.571. The van der Waals surface area contributed by atoms with Crippen molar-refractivity contribution in [3.63, 3.8) is 0 Å². The Morgan fingerprint density at radius 3 is 2.45 bits per heavy atom. The molecule has 0 unspecified atom stereocenters. The summed E-state index contributed by atoms with van der Waals surface area (Å²) in [6.45, 7) is 6.99. The van der Waals surface area contributed by atoms with Gasteiger partial charge >= 0.3 is 0 Å². The number of piperidine rings is 1. The first-order chi connectivity index (χ1) is 13.8. The van der Waals surface area contributed by atoms with Gasteiger partial charge in [0.2, 0.25) is 10.0 Å². The zero-order valence-corrected chi connectivity index (χ0v) is 18.2. The number of benzene rings is 1. The summed E-state index contributed by atoms with van der Waals surface area (Å²) in [7, 11) is -2.29. The Labute approximate surface area is 173 Å². The van der Waals surface area contributed by atoms with Gasteiger partial charge in [0, 0.05) is 37.3 Å². The summed E-state index contributed by atoms with van der Waals surface area (Å²) < 4.78 is 33.1. The molecule has 1 saturated carbocycles. The average molecular weight is 422 g/mol. The summed E-state index contributed by atoms with van der Waals surface area (Å²) in [6, 6.07) is 4.63. The fourth-order valence-electron chi connectivity index (χ4n) is 3.35. The van der Waals surface area contributed by atoms with Crippen molar-refractivity contribution in [1.82, 2.24) is 14.9 Å². The van der Waals surface area contributed by atoms with Crippen LogP contribution in [0.1, 0.15) is 49.9 Å². The summed E-state index contributed by atoms with van der Waals surface area (Å²) in [6.07, 6.45) is 5.66. The first-order valence-electron chi connectivity index (χ1n) is 10.2. The number of ether oxygens (including phenoxy) is 1. The highest BCUT2D eigenvalue weighted by molar-refractivity contribution is 7.89. The molecule has 1 amide bonds. The van der Waals surface area contributed by atoms with E-state index in [1.54, 1.807) is 12.1 Å². The number of allylic oxidation sites excluding steroid dienone is 1. The summed E-state index contributed by atoms with van der Waals surface area (Å²) in [5, 5.41) is 3.05. The van der Waals surface area contributed by atoms with Crippen LogP contribution >= 0.6 is 0 Å². The zero-order valence-electron chi connectivity index (χ0n) is 17.4. The summed E-state index contributed by atoms with van der Waals surface area (Å²) >= 11 is 0. The van der Waals surface area contributed by atoms with Gasteiger partial charge in [-0.1, -0.05) is 11.6 Å². The highest BCUT2D eigenvalue weighted by Gasteiger charge is 2.30. The molecule has 0 aromatic heterocycles. The van der Waals surface area contributed by atoms with E-state index in [1.165, 1.54) is 18.7 Å². The number of sulfonamides is 1. The third-order valence-electron chi connectivity index (χ3n) is 5.30. The van der Waals surface area contributed by atoms with Gasteiger partial charge in [0.15, 0.2) is 0 Å². The van der Waals surface area contributed by atoms with E-state index in [0.717, 1.165) is 45.3 Å². The first kappa shape index (κ1) is 21.8. The van der Waals surface area contributed by atoms with Crippen molar-refractivity contribution in [1.29, 1.82) is 0 Å². The smallest absolute Gasteiger partial charge is 0.251 e. The van der Waals surface area contributed by atoms with E-state index in [1.807, 2.05) is 0 Å². The zero-order chi connectivity index (χ0) is 21.0. The van der Waals surface area contributed by atoms with Crippen LogP contribution in [0.15, 0.2) is 34.7 Å². The molecule has 8 heteroatoms. The van der Waals surface area contributed by atoms with Crippen molar-refractivity contribution >= 4 is 15.9 Å². The number of rotatable bonds is 8. The van der Waals surface area contributed by atoms with Crippen LogP contribution in [0, 0.1) is 0 Å². The molecule has 0 spiro atoms. The lowest BCUT2D eigenvalue weighted by Crippen LogP contribution is -2.44. The van der Waals surface area contributed by atoms with Gasteiger partial charge in [-0.05, 0) is 57.7 Å². The molecule has 1 aromatic rings. The molecule has 160 valence electrons. The Balaban J connectivity index is 1.64. The molecule has 2 N–H and O–H groups in total. The maximum atomic E-state index is 12.7. The fourth-order valence-corrected chi connectivity index (χ4v) is 4.85. The van der Waals surface area contributed by atoms with E-state index >= 15 is 0 Å². The predicted molar refractivity (Wildman–Crippen MR) is 113 cm³/mol. The Kier molecular flexibility index (Phi) is 6.97. The number of hydrogen-bond donors (Lipinski definition) is 2. The Hall–Kier alpha value is -1.90. The van der Waals surface area contributed by atoms with Gasteiger partial charge in [-0.2, -0.15) is 0 Å². The second-order valence-electron chi connectivity index (χ2n) is 8.09. The van der Waals surface area contributed by atoms with Crippen molar-refractivity contribution in [2.75, 3.05) is 26.7 Å². The van der Waals surface area contributed by atoms with Crippen LogP contribution in [0.3, 0.4) is 0 Å². The number of likely N-dealkylation sites (tertiary alicyclic amines) is 1. The third-order valence-corrected chi connectivity index (χ3v) is 6.84. The standard InChI is InChI=1S/C21H31N3O4S/c1-15(2)8-11-24-12-9-17(10-13-24)22-21(25)16-4-7-19(28-3)20(14-16)29(26,27)23-18-5-6-18/h4,7-8,14,17-18,23H,5-6,9-13H2,1-3H3,(H,22,25). The minimum absolute atomic E-state index is 0.0103. The molecule has 29 heavy (non-hydrogen) atoms. The SMILES string of the molecule is COc1ccc(C(=O)NC2CCN(CC=C(C)C)CC2)cc1S(=O)(=O)NC1CC1. The summed E-state index contributed by atoms with van der Waals surface area (Å²) in [4.78, 5) is 15.1. The van der Waals surface area contributed by atoms with E-state index in [-0.39, 0.29) is 28.6 Å². The molecule has 1 heterocycles. The molecule has 3 rings (SSSR count). The van der Waals surface area contributed by atoms with Gasteiger partial charge in [-0.25, -0.2) is 13.1 Å². The van der Waals surface area contributed by atoms with E-state index in [0.29, 0.717) is 5.56 Å². The molecule has 7 nitrogen and oxygen atoms in total. The first-order valence-corrected chi connectivity index (χ1v) is 11.6. The Morgan fingerprint density at radius 2 is 1.86 bits per heavy atom. The predicted octanol–water partition coefficient (Wildman–Crippen LogP) is 2.30. The van der Waals surface area contributed by atoms with Gasteiger partial charge < -0.3 is 10.1 Å². The van der Waals surface area contributed by atoms with Crippen LogP contribution in [-0.4, -0.2) is 58.1 Å². The van der Waals surface area contributed by atoms with Gasteiger partial charge in [0.1, 0.15) is 10.6 Å². The van der Waals surface area contributed by atoms with Crippen molar-refractivity contribution < 1.29 is 17.9 Å². The van der Waals surface area contributed by atoms with Crippen LogP contribution in [0.5, 0.6) is 5.75 Å². The molecule has 0 atom stereocenters. The quantitative estimate of drug-likeness (QED) is 0.629. The number of nitrogens with one attached hydrogen (secondary N) is 2. The van der Waals surface area contributed by atoms with Crippen molar-refractivity contribution in [3.05, 3.63) is 35.4 Å². The maximum absolute atomic E-state index is 12.7. The molecule has 1 aromatic carbocycles. The maximum Gasteiger partial charge on any atom is 0.251 e. The van der Waals surface area contributed by atoms with Crippen LogP contribution in [0.4, 0.5) is 0 Å². The molecule has 2 fully saturated rings. The highest BCUT2D eigenvalue weighted by Crippen LogP contribution is 2.28. The van der Waals surface area contributed by atoms with Crippen LogP contribution < -0.4 is 14.8 Å². The molecule has 1 aliphatic heterocycles. The summed E-state index contributed by atoms with van der Waals surface area (Å²) in [5.41, 5.74) is 1.64. The number of nitrogens with zero attached hydrogens (tertiary/aromatic N) is 1. The number of carbonyl (C=O) groups excluding carboxylic acids is 1. The topological polar surface area (TPSA) is 87.7 Å². The van der Waals surface area contributed by atoms with E-state index in [9.17, 15) is 13.2 Å². The molecule has 2 aliphatic rings. The number of amides is 1. The molecule has 0 bridgehead atoms. The lowest BCUT2D eigenvalue weighted by Gasteiger charge is -2.31. The molecular weight excluding hydrogens is 390 g/mol. The lowest BCUT2D eigenvalue weighted by atomic mass is 10.0. The monoisotopic (exact) mass is 421 g/mol. The van der Waals surface area contributed by atoms with Gasteiger partial charge in [0.05, 0.1) is 7.11 Å². The second-order valence-corrected chi connectivity index (χ2v) is 9.77. The minimum atomic E-state index is -3.72. The summed E-state index contributed by atoms with van der Waals surface area (Å²) in [5.74, 6) is -0.0134. The lowest BCUT2D eigenvalue weighted by molar-refractivity contribution is 0.0914. The van der Waals surface area contributed by atoms with Crippen molar-refractivity contribution in [3.8, 4) is 5.75 Å². The molecule has 0 radical (unpaired) electrons. The number of methoxy groups -OCH3 is 1. The van der Waals surface area contributed by atoms with Crippen LogP contribution in [-0.2, 0) is 10.0 Å². The Morgan fingerprint density at radius 1 is 1.17 bits per heavy atom. The normalized spacial score (nSPS) is 18.3. The number of carbonyl (C=O) groups is 1. The second kappa shape index (κ2) is 9.28. The van der Waals surface area contributed by atoms with E-state index in [2.05, 4.69) is 34.9 Å². The van der Waals surface area contributed by atoms with Gasteiger partial charge in [-0.3, -0.25) is 9.69 Å². The molecule has 1 saturated heterocycles. The molecular formula is C21H31N3O4S. The Bertz CT molecular complexity index is 866. The highest BCUT2D eigenvalue weighted by atomic mass is 32.2. The van der Waals surface area contributed by atoms with Crippen LogP contribution in [0.25, 0.3) is 0 Å². The minimum Gasteiger partial charge on any atom is -0.495 e. The van der Waals surface area contributed by atoms with Gasteiger partial charge in [-0.15, -0.1) is 0 Å².